The van der Waals surface area contributed by atoms with Crippen molar-refractivity contribution in [2.45, 2.75) is 51.5 Å². The molecule has 2 aliphatic rings. The molecule has 170 valence electrons. The smallest absolute Gasteiger partial charge is 0.262 e. The summed E-state index contributed by atoms with van der Waals surface area (Å²) in [5.74, 6) is -1.30. The number of hydrogen-bond acceptors (Lipinski definition) is 4. The number of aryl methyl sites for hydroxylation is 2. The Balaban J connectivity index is 1.46. The molecule has 0 spiro atoms. The zero-order valence-electron chi connectivity index (χ0n) is 18.7. The molecular weight excluding hydrogens is 440 g/mol. The molecule has 4 rings (SSSR count). The van der Waals surface area contributed by atoms with Crippen LogP contribution in [0.4, 0.5) is 0 Å². The third-order valence-corrected chi connectivity index (χ3v) is 6.87. The van der Waals surface area contributed by atoms with Crippen LogP contribution in [0.1, 0.15) is 63.6 Å². The van der Waals surface area contributed by atoms with Crippen LogP contribution in [0.15, 0.2) is 48.7 Å². The molecule has 0 bridgehead atoms. The first kappa shape index (κ1) is 22.9. The van der Waals surface area contributed by atoms with Gasteiger partial charge in [0.15, 0.2) is 0 Å². The lowest BCUT2D eigenvalue weighted by molar-refractivity contribution is -0.131. The Bertz CT molecular complexity index is 1220. The fraction of sp³-hybridized carbons (Fsp3) is 0.308. The number of halogens is 1. The maximum absolute atomic E-state index is 13.2. The number of fused-ring (bicyclic) bond motifs is 1. The number of ketones is 1. The fourth-order valence-corrected chi connectivity index (χ4v) is 4.52. The highest BCUT2D eigenvalue weighted by Crippen LogP contribution is 2.35. The predicted octanol–water partition coefficient (Wildman–Crippen LogP) is 4.17. The first-order valence-electron chi connectivity index (χ1n) is 10.9. The highest BCUT2D eigenvalue weighted by atomic mass is 35.5. The Morgan fingerprint density at radius 3 is 2.48 bits per heavy atom. The van der Waals surface area contributed by atoms with Crippen LogP contribution >= 0.6 is 11.6 Å². The quantitative estimate of drug-likeness (QED) is 0.650. The van der Waals surface area contributed by atoms with Gasteiger partial charge < -0.3 is 5.32 Å². The first-order valence-corrected chi connectivity index (χ1v) is 11.3. The highest BCUT2D eigenvalue weighted by Gasteiger charge is 2.51. The van der Waals surface area contributed by atoms with Gasteiger partial charge in [0.2, 0.25) is 5.91 Å². The monoisotopic (exact) mass is 464 g/mol. The number of carbonyl (C=O) groups excluding carboxylic acids is 4. The van der Waals surface area contributed by atoms with Crippen LogP contribution in [-0.2, 0) is 22.4 Å². The van der Waals surface area contributed by atoms with Gasteiger partial charge in [-0.15, -0.1) is 0 Å². The van der Waals surface area contributed by atoms with Crippen LogP contribution in [-0.4, -0.2) is 33.9 Å². The zero-order chi connectivity index (χ0) is 23.9. The second-order valence-corrected chi connectivity index (χ2v) is 9.36. The molecule has 1 N–H and O–H groups in total. The van der Waals surface area contributed by atoms with Crippen molar-refractivity contribution in [2.24, 2.45) is 0 Å². The standard InChI is InChI=1S/C26H25ClN2O4/c1-15-4-5-18(14-22(15)27)12-19(30)8-6-17-7-9-20-21(13-17)24(32)29(23(20)31)26(3)11-10-16(2)28-25(26)33/h4-5,7,9,13-14H,2,6,8,10-12H2,1,3H3,(H,28,33)/t26-/m0/s1. The van der Waals surface area contributed by atoms with Crippen molar-refractivity contribution in [3.05, 3.63) is 81.5 Å². The average Bonchev–Trinajstić information content (AvgIpc) is 3.02. The molecule has 0 aromatic heterocycles. The first-order chi connectivity index (χ1) is 15.6. The van der Waals surface area contributed by atoms with Gasteiger partial charge in [-0.2, -0.15) is 0 Å². The van der Waals surface area contributed by atoms with E-state index in [-0.39, 0.29) is 23.3 Å². The summed E-state index contributed by atoms with van der Waals surface area (Å²) in [6, 6.07) is 10.6. The van der Waals surface area contributed by atoms with Crippen molar-refractivity contribution in [3.8, 4) is 0 Å². The van der Waals surface area contributed by atoms with Gasteiger partial charge in [0.05, 0.1) is 11.1 Å². The van der Waals surface area contributed by atoms with Crippen LogP contribution in [0, 0.1) is 6.92 Å². The second-order valence-electron chi connectivity index (χ2n) is 8.96. The lowest BCUT2D eigenvalue weighted by Gasteiger charge is -2.39. The summed E-state index contributed by atoms with van der Waals surface area (Å²) < 4.78 is 0. The molecular formula is C26H25ClN2O4. The molecule has 1 fully saturated rings. The van der Waals surface area contributed by atoms with Crippen LogP contribution in [0.25, 0.3) is 0 Å². The topological polar surface area (TPSA) is 83.6 Å². The molecule has 2 aromatic carbocycles. The molecule has 33 heavy (non-hydrogen) atoms. The van der Waals surface area contributed by atoms with E-state index in [1.807, 2.05) is 19.1 Å². The van der Waals surface area contributed by atoms with Crippen LogP contribution in [0.3, 0.4) is 0 Å². The SMILES string of the molecule is C=C1CC[C@](C)(N2C(=O)c3ccc(CCC(=O)Cc4ccc(C)c(Cl)c4)cc3C2=O)C(=O)N1. The fourth-order valence-electron chi connectivity index (χ4n) is 4.32. The minimum Gasteiger partial charge on any atom is -0.328 e. The van der Waals surface area contributed by atoms with Crippen molar-refractivity contribution in [2.75, 3.05) is 0 Å². The third-order valence-electron chi connectivity index (χ3n) is 6.47. The Morgan fingerprint density at radius 1 is 1.09 bits per heavy atom. The van der Waals surface area contributed by atoms with E-state index in [0.29, 0.717) is 36.4 Å². The summed E-state index contributed by atoms with van der Waals surface area (Å²) in [5, 5.41) is 3.30. The van der Waals surface area contributed by atoms with E-state index in [2.05, 4.69) is 11.9 Å². The van der Waals surface area contributed by atoms with Gasteiger partial charge in [0.25, 0.3) is 11.8 Å². The van der Waals surface area contributed by atoms with Gasteiger partial charge in [0, 0.05) is 23.6 Å². The van der Waals surface area contributed by atoms with E-state index >= 15 is 0 Å². The number of rotatable bonds is 6. The van der Waals surface area contributed by atoms with Gasteiger partial charge in [0.1, 0.15) is 11.3 Å². The molecule has 6 nitrogen and oxygen atoms in total. The summed E-state index contributed by atoms with van der Waals surface area (Å²) in [5.41, 5.74) is 2.48. The van der Waals surface area contributed by atoms with Crippen LogP contribution < -0.4 is 5.32 Å². The second kappa shape index (κ2) is 8.60. The maximum Gasteiger partial charge on any atom is 0.262 e. The largest absolute Gasteiger partial charge is 0.328 e. The normalized spacial score (nSPS) is 20.2. The van der Waals surface area contributed by atoms with E-state index in [9.17, 15) is 19.2 Å². The van der Waals surface area contributed by atoms with E-state index in [1.54, 1.807) is 31.2 Å². The molecule has 1 saturated heterocycles. The van der Waals surface area contributed by atoms with E-state index in [0.717, 1.165) is 21.6 Å². The Morgan fingerprint density at radius 2 is 1.79 bits per heavy atom. The summed E-state index contributed by atoms with van der Waals surface area (Å²) in [6.07, 6.45) is 1.86. The summed E-state index contributed by atoms with van der Waals surface area (Å²) in [4.78, 5) is 52.3. The number of Topliss-reactive ketones (excluding diaryl/α,β-unsaturated/α-hetero) is 1. The molecule has 2 aliphatic heterocycles. The lowest BCUT2D eigenvalue weighted by Crippen LogP contribution is -2.60. The minimum absolute atomic E-state index is 0.0612. The minimum atomic E-state index is -1.26. The maximum atomic E-state index is 13.2. The number of imide groups is 1. The molecule has 0 unspecified atom stereocenters. The van der Waals surface area contributed by atoms with Gasteiger partial charge in [-0.3, -0.25) is 24.1 Å². The number of allylic oxidation sites excluding steroid dienone is 1. The van der Waals surface area contributed by atoms with Crippen molar-refractivity contribution < 1.29 is 19.2 Å². The molecule has 1 atom stereocenters. The number of piperidine rings is 1. The number of nitrogens with one attached hydrogen (secondary N) is 1. The summed E-state index contributed by atoms with van der Waals surface area (Å²) in [7, 11) is 0. The lowest BCUT2D eigenvalue weighted by atomic mass is 9.88. The Hall–Kier alpha value is -3.25. The Labute approximate surface area is 197 Å². The molecule has 0 aliphatic carbocycles. The Kier molecular flexibility index (Phi) is 5.97. The van der Waals surface area contributed by atoms with E-state index in [4.69, 9.17) is 11.6 Å². The summed E-state index contributed by atoms with van der Waals surface area (Å²) in [6.45, 7) is 7.27. The molecule has 0 saturated carbocycles. The molecule has 0 radical (unpaired) electrons. The van der Waals surface area contributed by atoms with Crippen molar-refractivity contribution in [3.63, 3.8) is 0 Å². The van der Waals surface area contributed by atoms with Crippen LogP contribution in [0.5, 0.6) is 0 Å². The van der Waals surface area contributed by atoms with Gasteiger partial charge in [-0.05, 0) is 68.0 Å². The number of benzene rings is 2. The van der Waals surface area contributed by atoms with E-state index < -0.39 is 23.3 Å². The van der Waals surface area contributed by atoms with Gasteiger partial charge in [-0.1, -0.05) is 36.4 Å². The molecule has 7 heteroatoms. The number of carbonyl (C=O) groups is 4. The van der Waals surface area contributed by atoms with Crippen molar-refractivity contribution in [1.29, 1.82) is 0 Å². The molecule has 2 heterocycles. The highest BCUT2D eigenvalue weighted by molar-refractivity contribution is 6.31. The van der Waals surface area contributed by atoms with Crippen LogP contribution in [0.2, 0.25) is 5.02 Å². The number of nitrogens with zero attached hydrogens (tertiary/aromatic N) is 1. The van der Waals surface area contributed by atoms with Crippen molar-refractivity contribution in [1.82, 2.24) is 10.2 Å². The molecule has 3 amide bonds. The number of amides is 3. The third kappa shape index (κ3) is 4.23. The molecule has 2 aromatic rings. The van der Waals surface area contributed by atoms with Gasteiger partial charge >= 0.3 is 0 Å². The average molecular weight is 465 g/mol. The summed E-state index contributed by atoms with van der Waals surface area (Å²) >= 11 is 6.14. The predicted molar refractivity (Wildman–Crippen MR) is 125 cm³/mol. The number of hydrogen-bond donors (Lipinski definition) is 1. The van der Waals surface area contributed by atoms with Gasteiger partial charge in [-0.25, -0.2) is 0 Å². The van der Waals surface area contributed by atoms with Crippen molar-refractivity contribution >= 4 is 35.1 Å². The van der Waals surface area contributed by atoms with E-state index in [1.165, 1.54) is 0 Å². The zero-order valence-corrected chi connectivity index (χ0v) is 19.4.